The number of carbonyl (C=O) groups excluding carboxylic acids is 1. The van der Waals surface area contributed by atoms with E-state index >= 15 is 4.39 Å². The second kappa shape index (κ2) is 10.0. The third kappa shape index (κ3) is 5.14. The molecule has 0 spiro atoms. The summed E-state index contributed by atoms with van der Waals surface area (Å²) < 4.78 is 33.2. The molecule has 186 valence electrons. The molecule has 5 rings (SSSR count). The van der Waals surface area contributed by atoms with Crippen LogP contribution in [0.2, 0.25) is 0 Å². The van der Waals surface area contributed by atoms with Crippen molar-refractivity contribution < 1.29 is 23.4 Å². The molecule has 0 N–H and O–H groups in total. The van der Waals surface area contributed by atoms with Crippen LogP contribution in [0.25, 0.3) is 16.7 Å². The predicted molar refractivity (Wildman–Crippen MR) is 126 cm³/mol. The van der Waals surface area contributed by atoms with E-state index in [9.17, 15) is 4.79 Å². The molecule has 2 aromatic heterocycles. The minimum atomic E-state index is -0.388. The van der Waals surface area contributed by atoms with Crippen molar-refractivity contribution in [3.8, 4) is 11.7 Å². The fraction of sp³-hybridized carbons (Fsp3) is 0.500. The average molecular weight is 485 g/mol. The van der Waals surface area contributed by atoms with Gasteiger partial charge in [0.1, 0.15) is 11.8 Å². The summed E-state index contributed by atoms with van der Waals surface area (Å²) in [4.78, 5) is 24.7. The number of likely N-dealkylation sites (tertiary alicyclic amines) is 1. The molecule has 0 radical (unpaired) electrons. The lowest BCUT2D eigenvalue weighted by Crippen LogP contribution is -2.42. The van der Waals surface area contributed by atoms with Crippen LogP contribution in [0.1, 0.15) is 26.7 Å². The Balaban J connectivity index is 1.29. The van der Waals surface area contributed by atoms with Gasteiger partial charge < -0.3 is 24.0 Å². The van der Waals surface area contributed by atoms with Gasteiger partial charge in [0.05, 0.1) is 30.9 Å². The van der Waals surface area contributed by atoms with Gasteiger partial charge in [0.25, 0.3) is 0 Å². The Morgan fingerprint density at radius 2 is 1.91 bits per heavy atom. The zero-order valence-corrected chi connectivity index (χ0v) is 19.9. The first-order valence-corrected chi connectivity index (χ1v) is 11.9. The highest BCUT2D eigenvalue weighted by Crippen LogP contribution is 2.25. The summed E-state index contributed by atoms with van der Waals surface area (Å²) in [6.45, 7) is 7.47. The Hall–Kier alpha value is -3.47. The number of hydrogen-bond acceptors (Lipinski definition) is 8. The standard InChI is InChI=1S/C24H29FN6O4/c1-16(2)34-24(32)30-7-5-19(6-8-30)35-23-26-14-17-15-27-31(22(17)28-23)21-4-3-18(13-20(21)25)29-9-11-33-12-10-29/h3-4,13-16,19H,5-12H2,1-2H3. The molecule has 2 saturated heterocycles. The predicted octanol–water partition coefficient (Wildman–Crippen LogP) is 3.18. The fourth-order valence-electron chi connectivity index (χ4n) is 4.30. The molecule has 0 unspecified atom stereocenters. The van der Waals surface area contributed by atoms with Gasteiger partial charge in [-0.25, -0.2) is 18.9 Å². The summed E-state index contributed by atoms with van der Waals surface area (Å²) in [6.07, 6.45) is 3.93. The summed E-state index contributed by atoms with van der Waals surface area (Å²) in [6, 6.07) is 5.31. The van der Waals surface area contributed by atoms with Crippen molar-refractivity contribution in [3.05, 3.63) is 36.4 Å². The van der Waals surface area contributed by atoms with Crippen molar-refractivity contribution in [1.82, 2.24) is 24.6 Å². The molecule has 1 amide bonds. The quantitative estimate of drug-likeness (QED) is 0.545. The van der Waals surface area contributed by atoms with Crippen molar-refractivity contribution in [2.75, 3.05) is 44.3 Å². The summed E-state index contributed by atoms with van der Waals surface area (Å²) in [5, 5.41) is 5.02. The van der Waals surface area contributed by atoms with E-state index in [-0.39, 0.29) is 30.1 Å². The van der Waals surface area contributed by atoms with Crippen LogP contribution in [0.3, 0.4) is 0 Å². The molecule has 2 aliphatic rings. The SMILES string of the molecule is CC(C)OC(=O)N1CCC(Oc2ncc3cnn(-c4ccc(N5CCOCC5)cc4F)c3n2)CC1. The van der Waals surface area contributed by atoms with Crippen molar-refractivity contribution in [2.24, 2.45) is 0 Å². The highest BCUT2D eigenvalue weighted by molar-refractivity contribution is 5.75. The highest BCUT2D eigenvalue weighted by Gasteiger charge is 2.26. The van der Waals surface area contributed by atoms with E-state index in [4.69, 9.17) is 14.2 Å². The molecular formula is C24H29FN6O4. The molecular weight excluding hydrogens is 455 g/mol. The van der Waals surface area contributed by atoms with Gasteiger partial charge >= 0.3 is 12.1 Å². The zero-order valence-electron chi connectivity index (χ0n) is 19.9. The molecule has 1 aromatic carbocycles. The summed E-state index contributed by atoms with van der Waals surface area (Å²) in [5.41, 5.74) is 1.58. The van der Waals surface area contributed by atoms with Crippen LogP contribution in [0.4, 0.5) is 14.9 Å². The lowest BCUT2D eigenvalue weighted by Gasteiger charge is -2.31. The maximum Gasteiger partial charge on any atom is 0.410 e. The third-order valence-corrected chi connectivity index (χ3v) is 6.13. The summed E-state index contributed by atoms with van der Waals surface area (Å²) >= 11 is 0. The molecule has 4 heterocycles. The minimum Gasteiger partial charge on any atom is -0.460 e. The first-order chi connectivity index (χ1) is 17.0. The number of anilines is 1. The van der Waals surface area contributed by atoms with E-state index in [2.05, 4.69) is 20.0 Å². The molecule has 2 fully saturated rings. The van der Waals surface area contributed by atoms with Gasteiger partial charge in [0, 0.05) is 50.9 Å². The number of aromatic nitrogens is 4. The van der Waals surface area contributed by atoms with Gasteiger partial charge in [-0.3, -0.25) is 0 Å². The van der Waals surface area contributed by atoms with E-state index in [1.165, 1.54) is 10.7 Å². The van der Waals surface area contributed by atoms with Crippen LogP contribution < -0.4 is 9.64 Å². The second-order valence-corrected chi connectivity index (χ2v) is 8.96. The number of hydrogen-bond donors (Lipinski definition) is 0. The molecule has 3 aromatic rings. The Morgan fingerprint density at radius 3 is 2.63 bits per heavy atom. The van der Waals surface area contributed by atoms with Crippen LogP contribution in [-0.4, -0.2) is 82.3 Å². The van der Waals surface area contributed by atoms with Crippen molar-refractivity contribution >= 4 is 22.8 Å². The molecule has 0 aliphatic carbocycles. The summed E-state index contributed by atoms with van der Waals surface area (Å²) in [7, 11) is 0. The van der Waals surface area contributed by atoms with E-state index in [1.54, 1.807) is 23.4 Å². The van der Waals surface area contributed by atoms with Crippen molar-refractivity contribution in [2.45, 2.75) is 38.9 Å². The maximum absolute atomic E-state index is 15.1. The van der Waals surface area contributed by atoms with E-state index in [1.807, 2.05) is 19.9 Å². The number of nitrogens with zero attached hydrogens (tertiary/aromatic N) is 6. The number of rotatable bonds is 5. The fourth-order valence-corrected chi connectivity index (χ4v) is 4.30. The highest BCUT2D eigenvalue weighted by atomic mass is 19.1. The average Bonchev–Trinajstić information content (AvgIpc) is 3.27. The number of ether oxygens (including phenoxy) is 3. The van der Waals surface area contributed by atoms with Crippen molar-refractivity contribution in [1.29, 1.82) is 0 Å². The minimum absolute atomic E-state index is 0.128. The molecule has 11 heteroatoms. The van der Waals surface area contributed by atoms with Gasteiger partial charge in [-0.1, -0.05) is 0 Å². The first kappa shape index (κ1) is 23.3. The van der Waals surface area contributed by atoms with Crippen LogP contribution in [0.15, 0.2) is 30.6 Å². The van der Waals surface area contributed by atoms with Gasteiger partial charge in [-0.15, -0.1) is 0 Å². The smallest absolute Gasteiger partial charge is 0.410 e. The Kier molecular flexibility index (Phi) is 6.67. The molecule has 0 bridgehead atoms. The zero-order chi connectivity index (χ0) is 24.4. The number of carbonyl (C=O) groups is 1. The van der Waals surface area contributed by atoms with E-state index in [0.29, 0.717) is 55.9 Å². The van der Waals surface area contributed by atoms with Gasteiger partial charge in [0.15, 0.2) is 11.5 Å². The number of morpholine rings is 1. The Bertz CT molecular complexity index is 1190. The summed E-state index contributed by atoms with van der Waals surface area (Å²) in [5.74, 6) is -0.388. The van der Waals surface area contributed by atoms with Crippen LogP contribution in [0, 0.1) is 5.82 Å². The maximum atomic E-state index is 15.1. The van der Waals surface area contributed by atoms with E-state index < -0.39 is 0 Å². The van der Waals surface area contributed by atoms with Gasteiger partial charge in [-0.05, 0) is 32.0 Å². The molecule has 2 aliphatic heterocycles. The van der Waals surface area contributed by atoms with E-state index in [0.717, 1.165) is 18.8 Å². The number of piperidine rings is 1. The second-order valence-electron chi connectivity index (χ2n) is 8.96. The lowest BCUT2D eigenvalue weighted by molar-refractivity contribution is 0.0497. The topological polar surface area (TPSA) is 94.8 Å². The molecule has 0 saturated carbocycles. The molecule has 0 atom stereocenters. The largest absolute Gasteiger partial charge is 0.460 e. The van der Waals surface area contributed by atoms with Gasteiger partial charge in [-0.2, -0.15) is 10.1 Å². The van der Waals surface area contributed by atoms with Crippen LogP contribution >= 0.6 is 0 Å². The number of amides is 1. The number of benzene rings is 1. The number of fused-ring (bicyclic) bond motifs is 1. The molecule has 10 nitrogen and oxygen atoms in total. The lowest BCUT2D eigenvalue weighted by atomic mass is 10.1. The first-order valence-electron chi connectivity index (χ1n) is 11.9. The monoisotopic (exact) mass is 484 g/mol. The normalized spacial score (nSPS) is 17.3. The van der Waals surface area contributed by atoms with Crippen LogP contribution in [0.5, 0.6) is 6.01 Å². The van der Waals surface area contributed by atoms with Gasteiger partial charge in [0.2, 0.25) is 0 Å². The third-order valence-electron chi connectivity index (χ3n) is 6.13. The van der Waals surface area contributed by atoms with Crippen LogP contribution in [-0.2, 0) is 9.47 Å². The van der Waals surface area contributed by atoms with Crippen molar-refractivity contribution in [3.63, 3.8) is 0 Å². The number of halogens is 1. The Morgan fingerprint density at radius 1 is 1.14 bits per heavy atom. The molecule has 35 heavy (non-hydrogen) atoms. The Labute approximate surface area is 202 Å².